The molecular weight excluding hydrogens is 266 g/mol. The van der Waals surface area contributed by atoms with Crippen LogP contribution in [0.2, 0.25) is 0 Å². The van der Waals surface area contributed by atoms with Crippen LogP contribution in [-0.4, -0.2) is 34.9 Å². The molecule has 0 amide bonds. The van der Waals surface area contributed by atoms with Gasteiger partial charge in [0.25, 0.3) is 5.56 Å². The number of hydrogen-bond donors (Lipinski definition) is 1. The van der Waals surface area contributed by atoms with Gasteiger partial charge in [0.2, 0.25) is 0 Å². The Labute approximate surface area is 124 Å². The average molecular weight is 287 g/mol. The van der Waals surface area contributed by atoms with Gasteiger partial charge in [-0.05, 0) is 19.9 Å². The Morgan fingerprint density at radius 3 is 2.71 bits per heavy atom. The van der Waals surface area contributed by atoms with Gasteiger partial charge in [0.1, 0.15) is 5.82 Å². The highest BCUT2D eigenvalue weighted by Gasteiger charge is 2.08. The highest BCUT2D eigenvalue weighted by Crippen LogP contribution is 2.12. The van der Waals surface area contributed by atoms with Gasteiger partial charge >= 0.3 is 0 Å². The average Bonchev–Trinajstić information content (AvgIpc) is 2.51. The van der Waals surface area contributed by atoms with Crippen LogP contribution in [0.5, 0.6) is 0 Å². The lowest BCUT2D eigenvalue weighted by Gasteiger charge is -2.20. The van der Waals surface area contributed by atoms with Crippen molar-refractivity contribution >= 4 is 11.5 Å². The summed E-state index contributed by atoms with van der Waals surface area (Å²) in [5.74, 6) is 0.763. The summed E-state index contributed by atoms with van der Waals surface area (Å²) in [6.07, 6.45) is 3.46. The zero-order valence-corrected chi connectivity index (χ0v) is 12.7. The Hall–Kier alpha value is -2.37. The molecule has 0 fully saturated rings. The molecule has 0 radical (unpaired) electrons. The summed E-state index contributed by atoms with van der Waals surface area (Å²) in [5.41, 5.74) is 1.69. The van der Waals surface area contributed by atoms with E-state index in [1.54, 1.807) is 18.5 Å². The summed E-state index contributed by atoms with van der Waals surface area (Å²) in [6.45, 7) is 6.23. The van der Waals surface area contributed by atoms with Gasteiger partial charge in [0.05, 0.1) is 18.4 Å². The first-order chi connectivity index (χ1) is 10.2. The topological polar surface area (TPSA) is 63.1 Å². The van der Waals surface area contributed by atoms with Crippen LogP contribution < -0.4 is 15.8 Å². The summed E-state index contributed by atoms with van der Waals surface area (Å²) < 4.78 is 1.45. The molecule has 0 bridgehead atoms. The zero-order valence-electron chi connectivity index (χ0n) is 12.7. The van der Waals surface area contributed by atoms with E-state index in [0.717, 1.165) is 30.2 Å². The molecule has 0 aliphatic rings. The van der Waals surface area contributed by atoms with E-state index in [4.69, 9.17) is 0 Å². The van der Waals surface area contributed by atoms with Crippen LogP contribution in [0.4, 0.5) is 11.5 Å². The Morgan fingerprint density at radius 2 is 2.10 bits per heavy atom. The van der Waals surface area contributed by atoms with Gasteiger partial charge in [0.15, 0.2) is 0 Å². The van der Waals surface area contributed by atoms with Crippen molar-refractivity contribution in [3.05, 3.63) is 46.5 Å². The second-order valence-corrected chi connectivity index (χ2v) is 4.64. The van der Waals surface area contributed by atoms with Crippen molar-refractivity contribution in [2.75, 3.05) is 30.4 Å². The lowest BCUT2D eigenvalue weighted by Crippen LogP contribution is -2.28. The molecule has 6 heteroatoms. The van der Waals surface area contributed by atoms with Crippen LogP contribution in [0.15, 0.2) is 35.4 Å². The molecule has 112 valence electrons. The lowest BCUT2D eigenvalue weighted by atomic mass is 10.2. The minimum atomic E-state index is -0.106. The lowest BCUT2D eigenvalue weighted by molar-refractivity contribution is 0.636. The predicted molar refractivity (Wildman–Crippen MR) is 84.9 cm³/mol. The van der Waals surface area contributed by atoms with Crippen molar-refractivity contribution in [2.24, 2.45) is 0 Å². The Balaban J connectivity index is 2.28. The second-order valence-electron chi connectivity index (χ2n) is 4.64. The van der Waals surface area contributed by atoms with Crippen molar-refractivity contribution in [1.29, 1.82) is 0 Å². The van der Waals surface area contributed by atoms with Crippen LogP contribution >= 0.6 is 0 Å². The van der Waals surface area contributed by atoms with Crippen molar-refractivity contribution in [3.8, 4) is 0 Å². The molecule has 0 spiro atoms. The van der Waals surface area contributed by atoms with E-state index < -0.39 is 0 Å². The fourth-order valence-corrected chi connectivity index (χ4v) is 2.26. The van der Waals surface area contributed by atoms with E-state index in [-0.39, 0.29) is 5.56 Å². The first kappa shape index (κ1) is 15.0. The molecule has 0 atom stereocenters. The van der Waals surface area contributed by atoms with Gasteiger partial charge < -0.3 is 10.2 Å². The molecule has 0 saturated heterocycles. The largest absolute Gasteiger partial charge is 0.373 e. The molecule has 2 aromatic rings. The SMILES string of the molecule is CCN(CC)c1cnn(Cc2cccnc2NC)c(=O)c1. The first-order valence-corrected chi connectivity index (χ1v) is 7.13. The summed E-state index contributed by atoms with van der Waals surface area (Å²) in [5, 5.41) is 7.29. The van der Waals surface area contributed by atoms with Gasteiger partial charge in [-0.3, -0.25) is 4.79 Å². The third-order valence-electron chi connectivity index (χ3n) is 3.43. The Morgan fingerprint density at radius 1 is 1.33 bits per heavy atom. The maximum Gasteiger partial charge on any atom is 0.269 e. The maximum absolute atomic E-state index is 12.2. The highest BCUT2D eigenvalue weighted by atomic mass is 16.1. The smallest absolute Gasteiger partial charge is 0.269 e. The van der Waals surface area contributed by atoms with Crippen molar-refractivity contribution < 1.29 is 0 Å². The van der Waals surface area contributed by atoms with E-state index in [1.807, 2.05) is 19.2 Å². The fraction of sp³-hybridized carbons (Fsp3) is 0.400. The quantitative estimate of drug-likeness (QED) is 0.874. The van der Waals surface area contributed by atoms with Crippen LogP contribution in [-0.2, 0) is 6.54 Å². The summed E-state index contributed by atoms with van der Waals surface area (Å²) in [7, 11) is 1.81. The zero-order chi connectivity index (χ0) is 15.2. The molecule has 0 aromatic carbocycles. The van der Waals surface area contributed by atoms with Gasteiger partial charge in [-0.15, -0.1) is 0 Å². The summed E-state index contributed by atoms with van der Waals surface area (Å²) >= 11 is 0. The van der Waals surface area contributed by atoms with Crippen LogP contribution in [0, 0.1) is 0 Å². The van der Waals surface area contributed by atoms with E-state index in [9.17, 15) is 4.79 Å². The van der Waals surface area contributed by atoms with Crippen LogP contribution in [0.3, 0.4) is 0 Å². The molecule has 1 N–H and O–H groups in total. The van der Waals surface area contributed by atoms with Gasteiger partial charge in [-0.1, -0.05) is 6.07 Å². The Kier molecular flexibility index (Phi) is 4.92. The second kappa shape index (κ2) is 6.88. The number of pyridine rings is 1. The normalized spacial score (nSPS) is 10.4. The fourth-order valence-electron chi connectivity index (χ4n) is 2.26. The van der Waals surface area contributed by atoms with Gasteiger partial charge in [-0.2, -0.15) is 5.10 Å². The first-order valence-electron chi connectivity index (χ1n) is 7.13. The standard InChI is InChI=1S/C15H21N5O/c1-4-19(5-2)13-9-14(21)20(18-10-13)11-12-7-6-8-17-15(12)16-3/h6-10H,4-5,11H2,1-3H3,(H,16,17). The number of nitrogens with one attached hydrogen (secondary N) is 1. The molecule has 0 unspecified atom stereocenters. The van der Waals surface area contributed by atoms with E-state index in [1.165, 1.54) is 4.68 Å². The summed E-state index contributed by atoms with van der Waals surface area (Å²) in [4.78, 5) is 18.5. The molecule has 2 aromatic heterocycles. The highest BCUT2D eigenvalue weighted by molar-refractivity contribution is 5.44. The molecule has 0 aliphatic heterocycles. The number of hydrogen-bond acceptors (Lipinski definition) is 5. The van der Waals surface area contributed by atoms with Crippen LogP contribution in [0.25, 0.3) is 0 Å². The molecule has 0 saturated carbocycles. The maximum atomic E-state index is 12.2. The molecule has 0 aliphatic carbocycles. The third-order valence-corrected chi connectivity index (χ3v) is 3.43. The molecule has 21 heavy (non-hydrogen) atoms. The third kappa shape index (κ3) is 3.39. The van der Waals surface area contributed by atoms with Crippen molar-refractivity contribution in [1.82, 2.24) is 14.8 Å². The molecule has 6 nitrogen and oxygen atoms in total. The van der Waals surface area contributed by atoms with E-state index in [0.29, 0.717) is 6.54 Å². The van der Waals surface area contributed by atoms with Crippen molar-refractivity contribution in [2.45, 2.75) is 20.4 Å². The van der Waals surface area contributed by atoms with Crippen LogP contribution in [0.1, 0.15) is 19.4 Å². The number of rotatable bonds is 6. The van der Waals surface area contributed by atoms with Crippen molar-refractivity contribution in [3.63, 3.8) is 0 Å². The van der Waals surface area contributed by atoms with E-state index in [2.05, 4.69) is 34.1 Å². The molecule has 2 rings (SSSR count). The molecular formula is C15H21N5O. The van der Waals surface area contributed by atoms with E-state index >= 15 is 0 Å². The predicted octanol–water partition coefficient (Wildman–Crippen LogP) is 1.57. The summed E-state index contributed by atoms with van der Waals surface area (Å²) in [6, 6.07) is 5.42. The Bertz CT molecular complexity index is 649. The monoisotopic (exact) mass is 287 g/mol. The number of aromatic nitrogens is 3. The number of anilines is 2. The minimum Gasteiger partial charge on any atom is -0.373 e. The number of nitrogens with zero attached hydrogens (tertiary/aromatic N) is 4. The minimum absolute atomic E-state index is 0.106. The van der Waals surface area contributed by atoms with Gasteiger partial charge in [0, 0.05) is 38.0 Å². The molecule has 2 heterocycles. The van der Waals surface area contributed by atoms with Gasteiger partial charge in [-0.25, -0.2) is 9.67 Å².